The highest BCUT2D eigenvalue weighted by Gasteiger charge is 2.20. The van der Waals surface area contributed by atoms with Crippen molar-refractivity contribution < 1.29 is 14.3 Å². The lowest BCUT2D eigenvalue weighted by Crippen LogP contribution is -2.37. The van der Waals surface area contributed by atoms with Crippen LogP contribution in [-0.4, -0.2) is 30.1 Å². The third-order valence-electron chi connectivity index (χ3n) is 3.08. The van der Waals surface area contributed by atoms with Crippen LogP contribution in [0.1, 0.15) is 24.5 Å². The minimum atomic E-state index is -0.872. The van der Waals surface area contributed by atoms with Gasteiger partial charge >= 0.3 is 0 Å². The standard InChI is InChI=1S/C13H17FN2O2/c14-11-4-2-1-3-10(11)12(17)8-15-7-9-5-6-13(18)16-9/h1-4,9,12,15,17H,5-8H2,(H,16,18). The van der Waals surface area contributed by atoms with Crippen LogP contribution in [0.15, 0.2) is 24.3 Å². The van der Waals surface area contributed by atoms with Gasteiger partial charge in [-0.25, -0.2) is 4.39 Å². The molecule has 0 radical (unpaired) electrons. The van der Waals surface area contributed by atoms with Crippen molar-refractivity contribution in [1.82, 2.24) is 10.6 Å². The molecule has 1 heterocycles. The van der Waals surface area contributed by atoms with Crippen molar-refractivity contribution in [3.8, 4) is 0 Å². The third-order valence-corrected chi connectivity index (χ3v) is 3.08. The highest BCUT2D eigenvalue weighted by Crippen LogP contribution is 2.15. The van der Waals surface area contributed by atoms with Crippen LogP contribution in [0, 0.1) is 5.82 Å². The maximum absolute atomic E-state index is 13.4. The zero-order valence-electron chi connectivity index (χ0n) is 10.0. The first-order valence-electron chi connectivity index (χ1n) is 6.09. The van der Waals surface area contributed by atoms with Crippen LogP contribution in [0.4, 0.5) is 4.39 Å². The van der Waals surface area contributed by atoms with E-state index in [4.69, 9.17) is 0 Å². The Balaban J connectivity index is 1.77. The van der Waals surface area contributed by atoms with Gasteiger partial charge < -0.3 is 15.7 Å². The number of aliphatic hydroxyl groups excluding tert-OH is 1. The number of carbonyl (C=O) groups excluding carboxylic acids is 1. The average Bonchev–Trinajstić information content (AvgIpc) is 2.75. The summed E-state index contributed by atoms with van der Waals surface area (Å²) in [6, 6.07) is 6.30. The molecule has 1 fully saturated rings. The number of aliphatic hydroxyl groups is 1. The molecule has 1 saturated heterocycles. The van der Waals surface area contributed by atoms with E-state index in [2.05, 4.69) is 10.6 Å². The normalized spacial score (nSPS) is 20.8. The van der Waals surface area contributed by atoms with Gasteiger partial charge in [0.2, 0.25) is 5.91 Å². The molecule has 3 N–H and O–H groups in total. The molecule has 1 aromatic rings. The fourth-order valence-electron chi connectivity index (χ4n) is 2.08. The lowest BCUT2D eigenvalue weighted by Gasteiger charge is -2.15. The summed E-state index contributed by atoms with van der Waals surface area (Å²) in [6.07, 6.45) is 0.493. The Morgan fingerprint density at radius 3 is 2.94 bits per heavy atom. The Kier molecular flexibility index (Phi) is 4.28. The van der Waals surface area contributed by atoms with Crippen molar-refractivity contribution in [1.29, 1.82) is 0 Å². The van der Waals surface area contributed by atoms with Crippen LogP contribution in [0.2, 0.25) is 0 Å². The second-order valence-corrected chi connectivity index (χ2v) is 4.50. The zero-order chi connectivity index (χ0) is 13.0. The van der Waals surface area contributed by atoms with Crippen LogP contribution < -0.4 is 10.6 Å². The molecule has 2 unspecified atom stereocenters. The van der Waals surface area contributed by atoms with Gasteiger partial charge in [0.15, 0.2) is 0 Å². The molecule has 0 aliphatic carbocycles. The molecule has 0 bridgehead atoms. The molecule has 0 spiro atoms. The second-order valence-electron chi connectivity index (χ2n) is 4.50. The van der Waals surface area contributed by atoms with Crippen LogP contribution in [0.3, 0.4) is 0 Å². The van der Waals surface area contributed by atoms with Gasteiger partial charge in [-0.15, -0.1) is 0 Å². The van der Waals surface area contributed by atoms with Gasteiger partial charge in [-0.1, -0.05) is 18.2 Å². The summed E-state index contributed by atoms with van der Waals surface area (Å²) < 4.78 is 13.4. The number of hydrogen-bond donors (Lipinski definition) is 3. The molecule has 4 nitrogen and oxygen atoms in total. The first-order valence-corrected chi connectivity index (χ1v) is 6.09. The van der Waals surface area contributed by atoms with E-state index < -0.39 is 11.9 Å². The summed E-state index contributed by atoms with van der Waals surface area (Å²) in [4.78, 5) is 11.0. The monoisotopic (exact) mass is 252 g/mol. The molecule has 2 atom stereocenters. The molecule has 1 aliphatic heterocycles. The SMILES string of the molecule is O=C1CCC(CNCC(O)c2ccccc2F)N1. The summed E-state index contributed by atoms with van der Waals surface area (Å²) in [5.41, 5.74) is 0.292. The second kappa shape index (κ2) is 5.93. The van der Waals surface area contributed by atoms with E-state index in [0.717, 1.165) is 6.42 Å². The van der Waals surface area contributed by atoms with Crippen LogP contribution >= 0.6 is 0 Å². The van der Waals surface area contributed by atoms with Gasteiger partial charge in [0.1, 0.15) is 5.82 Å². The number of nitrogens with one attached hydrogen (secondary N) is 2. The Hall–Kier alpha value is -1.46. The van der Waals surface area contributed by atoms with Gasteiger partial charge in [-0.2, -0.15) is 0 Å². The molecule has 0 saturated carbocycles. The quantitative estimate of drug-likeness (QED) is 0.724. The largest absolute Gasteiger partial charge is 0.387 e. The van der Waals surface area contributed by atoms with E-state index in [0.29, 0.717) is 18.5 Å². The first kappa shape index (κ1) is 13.0. The van der Waals surface area contributed by atoms with E-state index in [-0.39, 0.29) is 18.5 Å². The zero-order valence-corrected chi connectivity index (χ0v) is 10.0. The summed E-state index contributed by atoms with van der Waals surface area (Å²) in [7, 11) is 0. The van der Waals surface area contributed by atoms with E-state index >= 15 is 0 Å². The fourth-order valence-corrected chi connectivity index (χ4v) is 2.08. The van der Waals surface area contributed by atoms with E-state index in [9.17, 15) is 14.3 Å². The number of halogens is 1. The Morgan fingerprint density at radius 2 is 2.28 bits per heavy atom. The van der Waals surface area contributed by atoms with Crippen molar-refractivity contribution in [2.75, 3.05) is 13.1 Å². The van der Waals surface area contributed by atoms with Gasteiger partial charge in [0, 0.05) is 31.1 Å². The summed E-state index contributed by atoms with van der Waals surface area (Å²) in [6.45, 7) is 0.866. The van der Waals surface area contributed by atoms with E-state index in [1.807, 2.05) is 0 Å². The Labute approximate surface area is 105 Å². The molecular formula is C13H17FN2O2. The summed E-state index contributed by atoms with van der Waals surface area (Å²) >= 11 is 0. The lowest BCUT2D eigenvalue weighted by atomic mass is 10.1. The van der Waals surface area contributed by atoms with Crippen LogP contribution in [0.25, 0.3) is 0 Å². The smallest absolute Gasteiger partial charge is 0.220 e. The summed E-state index contributed by atoms with van der Waals surface area (Å²) in [5, 5.41) is 15.7. The maximum Gasteiger partial charge on any atom is 0.220 e. The lowest BCUT2D eigenvalue weighted by molar-refractivity contribution is -0.119. The molecule has 1 amide bonds. The third kappa shape index (κ3) is 3.27. The van der Waals surface area contributed by atoms with Crippen molar-refractivity contribution in [2.24, 2.45) is 0 Å². The highest BCUT2D eigenvalue weighted by atomic mass is 19.1. The number of hydrogen-bond acceptors (Lipinski definition) is 3. The van der Waals surface area contributed by atoms with Gasteiger partial charge in [-0.3, -0.25) is 4.79 Å². The van der Waals surface area contributed by atoms with E-state index in [1.54, 1.807) is 18.2 Å². The molecule has 98 valence electrons. The van der Waals surface area contributed by atoms with Crippen molar-refractivity contribution >= 4 is 5.91 Å². The topological polar surface area (TPSA) is 61.4 Å². The van der Waals surface area contributed by atoms with Gasteiger partial charge in [0.05, 0.1) is 6.10 Å². The van der Waals surface area contributed by atoms with Gasteiger partial charge in [-0.05, 0) is 12.5 Å². The molecular weight excluding hydrogens is 235 g/mol. The number of benzene rings is 1. The predicted octanol–water partition coefficient (Wildman–Crippen LogP) is 0.727. The van der Waals surface area contributed by atoms with Crippen LogP contribution in [-0.2, 0) is 4.79 Å². The molecule has 2 rings (SSSR count). The average molecular weight is 252 g/mol. The highest BCUT2D eigenvalue weighted by molar-refractivity contribution is 5.78. The van der Waals surface area contributed by atoms with Gasteiger partial charge in [0.25, 0.3) is 0 Å². The Bertz CT molecular complexity index is 425. The first-order chi connectivity index (χ1) is 8.66. The molecule has 1 aromatic carbocycles. The van der Waals surface area contributed by atoms with Crippen LogP contribution in [0.5, 0.6) is 0 Å². The Morgan fingerprint density at radius 1 is 1.50 bits per heavy atom. The minimum absolute atomic E-state index is 0.0662. The minimum Gasteiger partial charge on any atom is -0.387 e. The maximum atomic E-state index is 13.4. The van der Waals surface area contributed by atoms with Crippen molar-refractivity contribution in [3.05, 3.63) is 35.6 Å². The predicted molar refractivity (Wildman–Crippen MR) is 65.4 cm³/mol. The van der Waals surface area contributed by atoms with E-state index in [1.165, 1.54) is 6.07 Å². The van der Waals surface area contributed by atoms with Crippen molar-refractivity contribution in [3.63, 3.8) is 0 Å². The molecule has 18 heavy (non-hydrogen) atoms. The number of amides is 1. The number of rotatable bonds is 5. The molecule has 1 aliphatic rings. The molecule has 5 heteroatoms. The number of carbonyl (C=O) groups is 1. The fraction of sp³-hybridized carbons (Fsp3) is 0.462. The summed E-state index contributed by atoms with van der Waals surface area (Å²) in [5.74, 6) is -0.336. The van der Waals surface area contributed by atoms with Crippen molar-refractivity contribution in [2.45, 2.75) is 25.0 Å². The molecule has 0 aromatic heterocycles.